The summed E-state index contributed by atoms with van der Waals surface area (Å²) in [5.41, 5.74) is 2.96. The van der Waals surface area contributed by atoms with Gasteiger partial charge in [0.15, 0.2) is 0 Å². The Balaban J connectivity index is 1.72. The molecule has 7 nitrogen and oxygen atoms in total. The molecule has 2 aromatic heterocycles. The van der Waals surface area contributed by atoms with Crippen molar-refractivity contribution < 1.29 is 18.3 Å². The molecule has 1 amide bonds. The molecule has 0 saturated carbocycles. The highest BCUT2D eigenvalue weighted by Crippen LogP contribution is 2.49. The first-order valence-electron chi connectivity index (χ1n) is 10.5. The predicted octanol–water partition coefficient (Wildman–Crippen LogP) is 3.78. The number of benzene rings is 2. The Labute approximate surface area is 186 Å². The number of nitrogens with zero attached hydrogens (tertiary/aromatic N) is 3. The molecular weight excluding hydrogens is 430 g/mol. The molecule has 6 rings (SSSR count). The molecule has 2 atom stereocenters. The first-order chi connectivity index (χ1) is 15.9. The van der Waals surface area contributed by atoms with Gasteiger partial charge in [-0.05, 0) is 36.8 Å². The Hall–Kier alpha value is -4.01. The number of aromatic nitrogens is 3. The van der Waals surface area contributed by atoms with Gasteiger partial charge in [0.05, 0.1) is 28.8 Å². The summed E-state index contributed by atoms with van der Waals surface area (Å²) in [5.74, 6) is 0.309. The fourth-order valence-corrected chi connectivity index (χ4v) is 5.09. The number of para-hydroxylation sites is 2. The average molecular weight is 448 g/mol. The normalized spacial score (nSPS) is 18.7. The summed E-state index contributed by atoms with van der Waals surface area (Å²) in [7, 11) is 1.56. The van der Waals surface area contributed by atoms with Gasteiger partial charge in [0.1, 0.15) is 11.6 Å². The lowest BCUT2D eigenvalue weighted by atomic mass is 9.90. The molecule has 0 aliphatic carbocycles. The van der Waals surface area contributed by atoms with Gasteiger partial charge in [0.25, 0.3) is 11.5 Å². The van der Waals surface area contributed by atoms with Crippen LogP contribution in [0.4, 0.5) is 8.78 Å². The van der Waals surface area contributed by atoms with Crippen LogP contribution in [0.1, 0.15) is 40.3 Å². The second-order valence-electron chi connectivity index (χ2n) is 8.19. The minimum atomic E-state index is -3.07. The topological polar surface area (TPSA) is 78.2 Å². The third kappa shape index (κ3) is 2.81. The number of amides is 1. The van der Waals surface area contributed by atoms with Crippen molar-refractivity contribution in [2.24, 2.45) is 7.05 Å². The van der Waals surface area contributed by atoms with Crippen molar-refractivity contribution in [1.82, 2.24) is 19.4 Å². The third-order valence-electron chi connectivity index (χ3n) is 6.45. The lowest BCUT2D eigenvalue weighted by molar-refractivity contribution is -0.0495. The molecule has 0 saturated heterocycles. The maximum absolute atomic E-state index is 13.4. The van der Waals surface area contributed by atoms with E-state index in [4.69, 9.17) is 9.72 Å². The lowest BCUT2D eigenvalue weighted by Gasteiger charge is -2.24. The van der Waals surface area contributed by atoms with E-state index in [2.05, 4.69) is 9.88 Å². The number of carbonyl (C=O) groups is 1. The van der Waals surface area contributed by atoms with Crippen LogP contribution in [0, 0.1) is 0 Å². The fraction of sp³-hybridized carbons (Fsp3) is 0.208. The number of imidazole rings is 1. The number of hydrogen-bond donors (Lipinski definition) is 1. The lowest BCUT2D eigenvalue weighted by Crippen LogP contribution is -2.28. The molecule has 1 N–H and O–H groups in total. The summed E-state index contributed by atoms with van der Waals surface area (Å²) in [6.07, 6.45) is 0.512. The zero-order valence-corrected chi connectivity index (χ0v) is 17.5. The molecule has 2 aromatic carbocycles. The Kier molecular flexibility index (Phi) is 4.17. The fourth-order valence-electron chi connectivity index (χ4n) is 5.09. The van der Waals surface area contributed by atoms with Crippen molar-refractivity contribution >= 4 is 16.9 Å². The number of carbonyl (C=O) groups excluding carboxylic acids is 1. The van der Waals surface area contributed by atoms with Crippen LogP contribution in [0.3, 0.4) is 0 Å². The Morgan fingerprint density at radius 3 is 2.73 bits per heavy atom. The highest BCUT2D eigenvalue weighted by Gasteiger charge is 2.42. The monoisotopic (exact) mass is 448 g/mol. The molecule has 166 valence electrons. The highest BCUT2D eigenvalue weighted by molar-refractivity contribution is 6.00. The van der Waals surface area contributed by atoms with Crippen LogP contribution in [-0.4, -0.2) is 26.6 Å². The number of halogens is 2. The van der Waals surface area contributed by atoms with Crippen LogP contribution in [0.2, 0.25) is 0 Å². The van der Waals surface area contributed by atoms with E-state index < -0.39 is 6.61 Å². The minimum Gasteiger partial charge on any atom is -0.434 e. The highest BCUT2D eigenvalue weighted by atomic mass is 19.3. The zero-order valence-electron chi connectivity index (χ0n) is 17.5. The zero-order chi connectivity index (χ0) is 22.9. The first kappa shape index (κ1) is 19.7. The van der Waals surface area contributed by atoms with E-state index in [0.29, 0.717) is 34.6 Å². The van der Waals surface area contributed by atoms with Gasteiger partial charge >= 0.3 is 6.61 Å². The Bertz CT molecular complexity index is 1510. The van der Waals surface area contributed by atoms with Crippen LogP contribution >= 0.6 is 0 Å². The molecule has 0 spiro atoms. The molecular formula is C24H18F2N4O3. The number of rotatable bonds is 3. The standard InChI is InChI=1S/C24H18F2N4O3/c1-29-16(7-4-8-19(29)31)21-18(33-24(25)26)10-9-12-20(21)17-11-14(28-23(12)32)22-27-13-5-2-3-6-15(13)30(17)22/h2-10,14,17,24H,11H2,1H3,(H,28,32)/t14-,17-/m1/s1. The van der Waals surface area contributed by atoms with Gasteiger partial charge in [-0.25, -0.2) is 4.98 Å². The average Bonchev–Trinajstić information content (AvgIpc) is 3.28. The second-order valence-corrected chi connectivity index (χ2v) is 8.19. The van der Waals surface area contributed by atoms with E-state index in [1.165, 1.54) is 22.8 Å². The van der Waals surface area contributed by atoms with Crippen LogP contribution < -0.4 is 15.6 Å². The van der Waals surface area contributed by atoms with Crippen LogP contribution in [-0.2, 0) is 7.05 Å². The number of alkyl halides is 2. The maximum atomic E-state index is 13.4. The van der Waals surface area contributed by atoms with Gasteiger partial charge in [-0.2, -0.15) is 8.78 Å². The minimum absolute atomic E-state index is 0.0888. The van der Waals surface area contributed by atoms with Gasteiger partial charge in [0.2, 0.25) is 0 Å². The predicted molar refractivity (Wildman–Crippen MR) is 116 cm³/mol. The third-order valence-corrected chi connectivity index (χ3v) is 6.45. The SMILES string of the molecule is Cn1c(-c2c(OC(F)F)ccc3c2[C@H]2C[C@@H](NC3=O)c3nc4ccccc4n32)cccc1=O. The van der Waals surface area contributed by atoms with Gasteiger partial charge in [0, 0.05) is 29.8 Å². The quantitative estimate of drug-likeness (QED) is 0.518. The van der Waals surface area contributed by atoms with Crippen molar-refractivity contribution in [3.63, 3.8) is 0 Å². The van der Waals surface area contributed by atoms with Gasteiger partial charge < -0.3 is 19.2 Å². The molecule has 2 aliphatic heterocycles. The van der Waals surface area contributed by atoms with Gasteiger partial charge in [-0.15, -0.1) is 0 Å². The van der Waals surface area contributed by atoms with Crippen molar-refractivity contribution in [2.45, 2.75) is 25.1 Å². The number of pyridine rings is 1. The molecule has 0 unspecified atom stereocenters. The van der Waals surface area contributed by atoms with E-state index in [9.17, 15) is 18.4 Å². The van der Waals surface area contributed by atoms with Crippen LogP contribution in [0.5, 0.6) is 5.75 Å². The van der Waals surface area contributed by atoms with Crippen LogP contribution in [0.25, 0.3) is 22.3 Å². The van der Waals surface area contributed by atoms with E-state index in [1.54, 1.807) is 19.2 Å². The van der Waals surface area contributed by atoms with Gasteiger partial charge in [-0.3, -0.25) is 9.59 Å². The van der Waals surface area contributed by atoms with Crippen molar-refractivity contribution in [1.29, 1.82) is 0 Å². The molecule has 0 radical (unpaired) electrons. The molecule has 9 heteroatoms. The Morgan fingerprint density at radius 1 is 1.09 bits per heavy atom. The molecule has 2 bridgehead atoms. The van der Waals surface area contributed by atoms with Crippen molar-refractivity contribution in [3.8, 4) is 17.0 Å². The molecule has 4 heterocycles. The number of ether oxygens (including phenoxy) is 1. The molecule has 2 aliphatic rings. The number of fused-ring (bicyclic) bond motifs is 9. The smallest absolute Gasteiger partial charge is 0.387 e. The largest absolute Gasteiger partial charge is 0.434 e. The Morgan fingerprint density at radius 2 is 1.91 bits per heavy atom. The molecule has 33 heavy (non-hydrogen) atoms. The summed E-state index contributed by atoms with van der Waals surface area (Å²) in [5, 5.41) is 3.03. The van der Waals surface area contributed by atoms with Crippen molar-refractivity contribution in [2.75, 3.05) is 0 Å². The first-order valence-corrected chi connectivity index (χ1v) is 10.5. The van der Waals surface area contributed by atoms with Gasteiger partial charge in [-0.1, -0.05) is 18.2 Å². The van der Waals surface area contributed by atoms with E-state index in [0.717, 1.165) is 11.0 Å². The van der Waals surface area contributed by atoms with E-state index >= 15 is 0 Å². The summed E-state index contributed by atoms with van der Waals surface area (Å²) in [6, 6.07) is 14.4. The van der Waals surface area contributed by atoms with E-state index in [1.807, 2.05) is 24.3 Å². The van der Waals surface area contributed by atoms with Crippen LogP contribution in [0.15, 0.2) is 59.4 Å². The maximum Gasteiger partial charge on any atom is 0.387 e. The molecule has 0 fully saturated rings. The van der Waals surface area contributed by atoms with Crippen molar-refractivity contribution in [3.05, 3.63) is 81.9 Å². The second kappa shape index (κ2) is 6.99. The molecule has 4 aromatic rings. The van der Waals surface area contributed by atoms with E-state index in [-0.39, 0.29) is 29.3 Å². The summed E-state index contributed by atoms with van der Waals surface area (Å²) < 4.78 is 35.1. The summed E-state index contributed by atoms with van der Waals surface area (Å²) >= 11 is 0. The summed E-state index contributed by atoms with van der Waals surface area (Å²) in [4.78, 5) is 30.3. The number of nitrogens with one attached hydrogen (secondary N) is 1. The number of hydrogen-bond acceptors (Lipinski definition) is 4. The summed E-state index contributed by atoms with van der Waals surface area (Å²) in [6.45, 7) is -3.07.